The van der Waals surface area contributed by atoms with Gasteiger partial charge in [-0.2, -0.15) is 0 Å². The van der Waals surface area contributed by atoms with Crippen LogP contribution in [-0.4, -0.2) is 6.61 Å². The SMILES string of the molecule is Cc1cc(OCC(C)C)ccc1CBr. The molecule has 0 N–H and O–H groups in total. The Labute approximate surface area is 94.6 Å². The van der Waals surface area contributed by atoms with Gasteiger partial charge in [-0.25, -0.2) is 0 Å². The van der Waals surface area contributed by atoms with Crippen LogP contribution in [0.4, 0.5) is 0 Å². The molecule has 1 aromatic rings. The highest BCUT2D eigenvalue weighted by atomic mass is 79.9. The van der Waals surface area contributed by atoms with Gasteiger partial charge in [-0.3, -0.25) is 0 Å². The van der Waals surface area contributed by atoms with Crippen molar-refractivity contribution in [1.29, 1.82) is 0 Å². The molecule has 78 valence electrons. The number of aryl methyl sites for hydroxylation is 1. The van der Waals surface area contributed by atoms with Gasteiger partial charge in [-0.1, -0.05) is 35.8 Å². The first kappa shape index (κ1) is 11.6. The van der Waals surface area contributed by atoms with Gasteiger partial charge in [0.2, 0.25) is 0 Å². The van der Waals surface area contributed by atoms with Crippen molar-refractivity contribution in [3.05, 3.63) is 29.3 Å². The Kier molecular flexibility index (Phi) is 4.46. The quantitative estimate of drug-likeness (QED) is 0.743. The molecule has 14 heavy (non-hydrogen) atoms. The van der Waals surface area contributed by atoms with E-state index in [9.17, 15) is 0 Å². The lowest BCUT2D eigenvalue weighted by molar-refractivity contribution is 0.271. The average Bonchev–Trinajstić information content (AvgIpc) is 2.15. The number of halogens is 1. The minimum absolute atomic E-state index is 0.575. The normalized spacial score (nSPS) is 10.6. The third-order valence-electron chi connectivity index (χ3n) is 2.04. The second-order valence-electron chi connectivity index (χ2n) is 3.93. The van der Waals surface area contributed by atoms with Gasteiger partial charge >= 0.3 is 0 Å². The first-order valence-corrected chi connectivity index (χ1v) is 6.04. The summed E-state index contributed by atoms with van der Waals surface area (Å²) in [5.41, 5.74) is 2.60. The van der Waals surface area contributed by atoms with Crippen LogP contribution < -0.4 is 4.74 Å². The standard InChI is InChI=1S/C12H17BrO/c1-9(2)8-14-12-5-4-11(7-13)10(3)6-12/h4-6,9H,7-8H2,1-3H3. The van der Waals surface area contributed by atoms with Gasteiger partial charge in [-0.05, 0) is 36.1 Å². The van der Waals surface area contributed by atoms with Crippen LogP contribution in [0.25, 0.3) is 0 Å². The zero-order chi connectivity index (χ0) is 10.6. The number of ether oxygens (including phenoxy) is 1. The number of alkyl halides is 1. The van der Waals surface area contributed by atoms with Crippen molar-refractivity contribution < 1.29 is 4.74 Å². The zero-order valence-corrected chi connectivity index (χ0v) is 10.6. The third-order valence-corrected chi connectivity index (χ3v) is 2.65. The highest BCUT2D eigenvalue weighted by Crippen LogP contribution is 2.19. The number of hydrogen-bond donors (Lipinski definition) is 0. The summed E-state index contributed by atoms with van der Waals surface area (Å²) in [6.45, 7) is 7.20. The molecule has 0 aliphatic heterocycles. The minimum atomic E-state index is 0.575. The minimum Gasteiger partial charge on any atom is -0.493 e. The van der Waals surface area contributed by atoms with Crippen LogP contribution in [0.15, 0.2) is 18.2 Å². The van der Waals surface area contributed by atoms with Crippen molar-refractivity contribution >= 4 is 15.9 Å². The summed E-state index contributed by atoms with van der Waals surface area (Å²) in [6.07, 6.45) is 0. The Morgan fingerprint density at radius 1 is 1.36 bits per heavy atom. The van der Waals surface area contributed by atoms with E-state index < -0.39 is 0 Å². The van der Waals surface area contributed by atoms with Crippen molar-refractivity contribution in [2.24, 2.45) is 5.92 Å². The lowest BCUT2D eigenvalue weighted by Gasteiger charge is -2.10. The predicted octanol–water partition coefficient (Wildman–Crippen LogP) is 3.92. The Bertz CT molecular complexity index is 294. The van der Waals surface area contributed by atoms with Gasteiger partial charge in [0.15, 0.2) is 0 Å². The maximum absolute atomic E-state index is 5.63. The van der Waals surface area contributed by atoms with E-state index in [-0.39, 0.29) is 0 Å². The van der Waals surface area contributed by atoms with Crippen molar-refractivity contribution in [2.45, 2.75) is 26.1 Å². The summed E-state index contributed by atoms with van der Waals surface area (Å²) in [4.78, 5) is 0. The number of benzene rings is 1. The summed E-state index contributed by atoms with van der Waals surface area (Å²) < 4.78 is 5.63. The van der Waals surface area contributed by atoms with Crippen molar-refractivity contribution in [1.82, 2.24) is 0 Å². The van der Waals surface area contributed by atoms with Crippen LogP contribution in [0, 0.1) is 12.8 Å². The van der Waals surface area contributed by atoms with Crippen molar-refractivity contribution in [3.63, 3.8) is 0 Å². The van der Waals surface area contributed by atoms with E-state index in [0.29, 0.717) is 5.92 Å². The Balaban J connectivity index is 2.66. The molecule has 0 aromatic heterocycles. The van der Waals surface area contributed by atoms with Gasteiger partial charge in [0.1, 0.15) is 5.75 Å². The van der Waals surface area contributed by atoms with Crippen LogP contribution in [-0.2, 0) is 5.33 Å². The summed E-state index contributed by atoms with van der Waals surface area (Å²) in [7, 11) is 0. The summed E-state index contributed by atoms with van der Waals surface area (Å²) >= 11 is 3.45. The number of rotatable bonds is 4. The fourth-order valence-corrected chi connectivity index (χ4v) is 1.80. The molecule has 1 nitrogen and oxygen atoms in total. The monoisotopic (exact) mass is 256 g/mol. The van der Waals surface area contributed by atoms with Crippen LogP contribution >= 0.6 is 15.9 Å². The van der Waals surface area contributed by atoms with Crippen LogP contribution in [0.1, 0.15) is 25.0 Å². The molecule has 0 bridgehead atoms. The van der Waals surface area contributed by atoms with E-state index in [1.807, 2.05) is 6.07 Å². The fraction of sp³-hybridized carbons (Fsp3) is 0.500. The van der Waals surface area contributed by atoms with E-state index in [4.69, 9.17) is 4.74 Å². The molecule has 0 saturated carbocycles. The van der Waals surface area contributed by atoms with Crippen molar-refractivity contribution in [2.75, 3.05) is 6.61 Å². The van der Waals surface area contributed by atoms with Gasteiger partial charge in [0.25, 0.3) is 0 Å². The Hall–Kier alpha value is -0.500. The second-order valence-corrected chi connectivity index (χ2v) is 4.49. The van der Waals surface area contributed by atoms with E-state index in [0.717, 1.165) is 17.7 Å². The molecule has 0 aliphatic carbocycles. The molecule has 1 aromatic carbocycles. The van der Waals surface area contributed by atoms with E-state index >= 15 is 0 Å². The van der Waals surface area contributed by atoms with Gasteiger partial charge in [0.05, 0.1) is 6.61 Å². The first-order valence-electron chi connectivity index (χ1n) is 4.91. The van der Waals surface area contributed by atoms with Crippen LogP contribution in [0.3, 0.4) is 0 Å². The topological polar surface area (TPSA) is 9.23 Å². The molecule has 0 atom stereocenters. The van der Waals surface area contributed by atoms with E-state index in [1.54, 1.807) is 0 Å². The summed E-state index contributed by atoms with van der Waals surface area (Å²) in [6, 6.07) is 6.24. The smallest absolute Gasteiger partial charge is 0.119 e. The predicted molar refractivity (Wildman–Crippen MR) is 64.1 cm³/mol. The molecule has 0 heterocycles. The first-order chi connectivity index (χ1) is 6.63. The molecule has 2 heteroatoms. The van der Waals surface area contributed by atoms with E-state index in [1.165, 1.54) is 11.1 Å². The lowest BCUT2D eigenvalue weighted by Crippen LogP contribution is -2.04. The maximum atomic E-state index is 5.63. The molecular weight excluding hydrogens is 240 g/mol. The molecule has 0 amide bonds. The zero-order valence-electron chi connectivity index (χ0n) is 9.01. The van der Waals surface area contributed by atoms with Gasteiger partial charge < -0.3 is 4.74 Å². The van der Waals surface area contributed by atoms with Gasteiger partial charge in [-0.15, -0.1) is 0 Å². The molecule has 0 fully saturated rings. The molecule has 0 unspecified atom stereocenters. The molecule has 0 radical (unpaired) electrons. The van der Waals surface area contributed by atoms with E-state index in [2.05, 4.69) is 48.8 Å². The molecule has 0 spiro atoms. The molecule has 0 saturated heterocycles. The van der Waals surface area contributed by atoms with Crippen molar-refractivity contribution in [3.8, 4) is 5.75 Å². The summed E-state index contributed by atoms with van der Waals surface area (Å²) in [5, 5.41) is 0.906. The lowest BCUT2D eigenvalue weighted by atomic mass is 10.1. The number of hydrogen-bond acceptors (Lipinski definition) is 1. The van der Waals surface area contributed by atoms with Crippen LogP contribution in [0.2, 0.25) is 0 Å². The fourth-order valence-electron chi connectivity index (χ4n) is 1.17. The highest BCUT2D eigenvalue weighted by Gasteiger charge is 2.00. The third kappa shape index (κ3) is 3.33. The Morgan fingerprint density at radius 2 is 2.07 bits per heavy atom. The Morgan fingerprint density at radius 3 is 2.57 bits per heavy atom. The maximum Gasteiger partial charge on any atom is 0.119 e. The molecule has 0 aliphatic rings. The van der Waals surface area contributed by atoms with Gasteiger partial charge in [0, 0.05) is 5.33 Å². The highest BCUT2D eigenvalue weighted by molar-refractivity contribution is 9.08. The molecular formula is C12H17BrO. The van der Waals surface area contributed by atoms with Crippen LogP contribution in [0.5, 0.6) is 5.75 Å². The largest absolute Gasteiger partial charge is 0.493 e. The average molecular weight is 257 g/mol. The second kappa shape index (κ2) is 5.40. The molecule has 1 rings (SSSR count). The summed E-state index contributed by atoms with van der Waals surface area (Å²) in [5.74, 6) is 1.55.